The molecule has 1 aliphatic rings. The van der Waals surface area contributed by atoms with Gasteiger partial charge in [0.2, 0.25) is 5.91 Å². The molecule has 1 fully saturated rings. The summed E-state index contributed by atoms with van der Waals surface area (Å²) >= 11 is 0. The van der Waals surface area contributed by atoms with Gasteiger partial charge in [-0.2, -0.15) is 0 Å². The van der Waals surface area contributed by atoms with Gasteiger partial charge < -0.3 is 24.4 Å². The van der Waals surface area contributed by atoms with Crippen LogP contribution in [0.25, 0.3) is 0 Å². The van der Waals surface area contributed by atoms with Crippen LogP contribution in [-0.2, 0) is 19.1 Å². The standard InChI is InChI=1S/C21H30N2O6/c1-4-15(3)29-19(24)14-18-20(25)22-10-11-23(18)21(26)16-6-8-17(9-7-16)28-13-12-27-5-2/h6-9,15,18H,4-5,10-14H2,1-3H3,(H,22,25). The second-order valence-corrected chi connectivity index (χ2v) is 6.79. The minimum absolute atomic E-state index is 0.166. The summed E-state index contributed by atoms with van der Waals surface area (Å²) in [4.78, 5) is 38.9. The molecule has 0 aromatic heterocycles. The number of benzene rings is 1. The Morgan fingerprint density at radius 1 is 1.21 bits per heavy atom. The smallest absolute Gasteiger partial charge is 0.308 e. The molecule has 29 heavy (non-hydrogen) atoms. The summed E-state index contributed by atoms with van der Waals surface area (Å²) in [6.07, 6.45) is 0.290. The molecule has 1 aromatic carbocycles. The second kappa shape index (κ2) is 11.4. The molecule has 2 rings (SSSR count). The van der Waals surface area contributed by atoms with Gasteiger partial charge in [0, 0.05) is 25.3 Å². The van der Waals surface area contributed by atoms with Gasteiger partial charge in [0.15, 0.2) is 0 Å². The normalized spacial score (nSPS) is 17.4. The molecule has 1 heterocycles. The molecule has 0 saturated carbocycles. The first-order chi connectivity index (χ1) is 14.0. The monoisotopic (exact) mass is 406 g/mol. The molecule has 8 nitrogen and oxygen atoms in total. The number of ether oxygens (including phenoxy) is 3. The summed E-state index contributed by atoms with van der Waals surface area (Å²) in [5.74, 6) is -0.507. The third kappa shape index (κ3) is 6.74. The van der Waals surface area contributed by atoms with Gasteiger partial charge in [-0.3, -0.25) is 14.4 Å². The van der Waals surface area contributed by atoms with Crippen LogP contribution in [0.5, 0.6) is 5.75 Å². The first-order valence-corrected chi connectivity index (χ1v) is 10.0. The predicted octanol–water partition coefficient (Wildman–Crippen LogP) is 1.77. The highest BCUT2D eigenvalue weighted by molar-refractivity contribution is 5.99. The van der Waals surface area contributed by atoms with Crippen molar-refractivity contribution in [2.45, 2.75) is 45.8 Å². The fourth-order valence-electron chi connectivity index (χ4n) is 2.90. The van der Waals surface area contributed by atoms with Crippen LogP contribution in [0, 0.1) is 0 Å². The van der Waals surface area contributed by atoms with Crippen LogP contribution in [-0.4, -0.2) is 67.7 Å². The maximum Gasteiger partial charge on any atom is 0.308 e. The fraction of sp³-hybridized carbons (Fsp3) is 0.571. The molecule has 0 spiro atoms. The Kier molecular flexibility index (Phi) is 8.92. The van der Waals surface area contributed by atoms with Crippen molar-refractivity contribution in [2.24, 2.45) is 0 Å². The number of nitrogens with zero attached hydrogens (tertiary/aromatic N) is 1. The Morgan fingerprint density at radius 3 is 2.59 bits per heavy atom. The zero-order valence-corrected chi connectivity index (χ0v) is 17.3. The van der Waals surface area contributed by atoms with E-state index in [2.05, 4.69) is 5.32 Å². The highest BCUT2D eigenvalue weighted by Gasteiger charge is 2.35. The van der Waals surface area contributed by atoms with E-state index in [0.29, 0.717) is 50.6 Å². The maximum absolute atomic E-state index is 13.0. The average Bonchev–Trinajstić information content (AvgIpc) is 2.72. The molecule has 2 atom stereocenters. The highest BCUT2D eigenvalue weighted by atomic mass is 16.5. The lowest BCUT2D eigenvalue weighted by Crippen LogP contribution is -2.57. The van der Waals surface area contributed by atoms with E-state index in [9.17, 15) is 14.4 Å². The first kappa shape index (κ1) is 22.7. The number of carbonyl (C=O) groups excluding carboxylic acids is 3. The molecule has 0 radical (unpaired) electrons. The molecule has 160 valence electrons. The maximum atomic E-state index is 13.0. The molecule has 2 amide bonds. The van der Waals surface area contributed by atoms with Crippen LogP contribution in [0.2, 0.25) is 0 Å². The van der Waals surface area contributed by atoms with Crippen molar-refractivity contribution in [3.8, 4) is 5.75 Å². The average molecular weight is 406 g/mol. The zero-order chi connectivity index (χ0) is 21.2. The minimum atomic E-state index is -0.880. The number of hydrogen-bond donors (Lipinski definition) is 1. The van der Waals surface area contributed by atoms with Gasteiger partial charge in [-0.1, -0.05) is 6.92 Å². The highest BCUT2D eigenvalue weighted by Crippen LogP contribution is 2.18. The Bertz CT molecular complexity index is 691. The number of hydrogen-bond acceptors (Lipinski definition) is 6. The SMILES string of the molecule is CCOCCOc1ccc(C(=O)N2CCNC(=O)C2CC(=O)OC(C)CC)cc1. The number of esters is 1. The van der Waals surface area contributed by atoms with Crippen LogP contribution in [0.1, 0.15) is 44.0 Å². The van der Waals surface area contributed by atoms with Crippen molar-refractivity contribution >= 4 is 17.8 Å². The van der Waals surface area contributed by atoms with Crippen LogP contribution in [0.4, 0.5) is 0 Å². The lowest BCUT2D eigenvalue weighted by Gasteiger charge is -2.34. The van der Waals surface area contributed by atoms with Crippen molar-refractivity contribution in [1.82, 2.24) is 10.2 Å². The van der Waals surface area contributed by atoms with Gasteiger partial charge in [-0.15, -0.1) is 0 Å². The largest absolute Gasteiger partial charge is 0.491 e. The zero-order valence-electron chi connectivity index (χ0n) is 17.3. The van der Waals surface area contributed by atoms with E-state index in [1.54, 1.807) is 31.2 Å². The van der Waals surface area contributed by atoms with Crippen molar-refractivity contribution in [3.63, 3.8) is 0 Å². The molecule has 8 heteroatoms. The van der Waals surface area contributed by atoms with Crippen LogP contribution in [0.15, 0.2) is 24.3 Å². The van der Waals surface area contributed by atoms with E-state index < -0.39 is 12.0 Å². The predicted molar refractivity (Wildman–Crippen MR) is 107 cm³/mol. The Balaban J connectivity index is 2.02. The lowest BCUT2D eigenvalue weighted by molar-refractivity contribution is -0.151. The van der Waals surface area contributed by atoms with Gasteiger partial charge in [-0.05, 0) is 44.5 Å². The van der Waals surface area contributed by atoms with E-state index in [1.807, 2.05) is 13.8 Å². The van der Waals surface area contributed by atoms with Crippen molar-refractivity contribution in [2.75, 3.05) is 32.9 Å². The molecule has 0 aliphatic carbocycles. The molecule has 1 aromatic rings. The molecule has 1 aliphatic heterocycles. The third-order valence-corrected chi connectivity index (χ3v) is 4.66. The van der Waals surface area contributed by atoms with E-state index in [4.69, 9.17) is 14.2 Å². The number of piperazine rings is 1. The molecule has 0 bridgehead atoms. The quantitative estimate of drug-likeness (QED) is 0.470. The van der Waals surface area contributed by atoms with Crippen LogP contribution >= 0.6 is 0 Å². The number of amides is 2. The van der Waals surface area contributed by atoms with Gasteiger partial charge >= 0.3 is 5.97 Å². The number of carbonyl (C=O) groups is 3. The third-order valence-electron chi connectivity index (χ3n) is 4.66. The first-order valence-electron chi connectivity index (χ1n) is 10.0. The molecule has 2 unspecified atom stereocenters. The van der Waals surface area contributed by atoms with Gasteiger partial charge in [0.25, 0.3) is 5.91 Å². The topological polar surface area (TPSA) is 94.2 Å². The van der Waals surface area contributed by atoms with Gasteiger partial charge in [0.1, 0.15) is 18.4 Å². The van der Waals surface area contributed by atoms with E-state index in [1.165, 1.54) is 4.90 Å². The Morgan fingerprint density at radius 2 is 1.93 bits per heavy atom. The molecular formula is C21H30N2O6. The molecule has 1 N–H and O–H groups in total. The number of rotatable bonds is 10. The van der Waals surface area contributed by atoms with E-state index in [0.717, 1.165) is 0 Å². The Hall–Kier alpha value is -2.61. The number of nitrogens with one attached hydrogen (secondary N) is 1. The Labute approximate surface area is 171 Å². The fourth-order valence-corrected chi connectivity index (χ4v) is 2.90. The van der Waals surface area contributed by atoms with Crippen LogP contribution in [0.3, 0.4) is 0 Å². The van der Waals surface area contributed by atoms with Gasteiger partial charge in [-0.25, -0.2) is 0 Å². The summed E-state index contributed by atoms with van der Waals surface area (Å²) in [7, 11) is 0. The minimum Gasteiger partial charge on any atom is -0.491 e. The lowest BCUT2D eigenvalue weighted by atomic mass is 10.1. The van der Waals surface area contributed by atoms with Crippen LogP contribution < -0.4 is 10.1 Å². The van der Waals surface area contributed by atoms with Crippen molar-refractivity contribution in [3.05, 3.63) is 29.8 Å². The van der Waals surface area contributed by atoms with E-state index >= 15 is 0 Å². The molecular weight excluding hydrogens is 376 g/mol. The summed E-state index contributed by atoms with van der Waals surface area (Å²) in [6.45, 7) is 7.84. The van der Waals surface area contributed by atoms with Crippen molar-refractivity contribution < 1.29 is 28.6 Å². The second-order valence-electron chi connectivity index (χ2n) is 6.79. The summed E-state index contributed by atoms with van der Waals surface area (Å²) in [6, 6.07) is 5.83. The van der Waals surface area contributed by atoms with Crippen molar-refractivity contribution in [1.29, 1.82) is 0 Å². The summed E-state index contributed by atoms with van der Waals surface area (Å²) in [5, 5.41) is 2.71. The van der Waals surface area contributed by atoms with Gasteiger partial charge in [0.05, 0.1) is 19.1 Å². The molecule has 1 saturated heterocycles. The summed E-state index contributed by atoms with van der Waals surface area (Å²) < 4.78 is 16.0. The van der Waals surface area contributed by atoms with E-state index in [-0.39, 0.29) is 24.3 Å². The summed E-state index contributed by atoms with van der Waals surface area (Å²) in [5.41, 5.74) is 0.428.